The van der Waals surface area contributed by atoms with Gasteiger partial charge in [-0.05, 0) is 25.2 Å². The van der Waals surface area contributed by atoms with Gasteiger partial charge in [-0.3, -0.25) is 0 Å². The van der Waals surface area contributed by atoms with Crippen LogP contribution in [0.2, 0.25) is 0 Å². The molecule has 1 aliphatic carbocycles. The van der Waals surface area contributed by atoms with E-state index in [9.17, 15) is 10.2 Å². The van der Waals surface area contributed by atoms with Crippen LogP contribution in [0.5, 0.6) is 0 Å². The van der Waals surface area contributed by atoms with E-state index in [1.54, 1.807) is 0 Å². The van der Waals surface area contributed by atoms with Crippen molar-refractivity contribution >= 4 is 0 Å². The van der Waals surface area contributed by atoms with E-state index < -0.39 is 0 Å². The Hall–Kier alpha value is -0.120. The normalized spacial score (nSPS) is 36.4. The van der Waals surface area contributed by atoms with Crippen molar-refractivity contribution in [3.63, 3.8) is 0 Å². The maximum Gasteiger partial charge on any atom is 0.0824 e. The van der Waals surface area contributed by atoms with E-state index in [-0.39, 0.29) is 18.1 Å². The molecule has 0 aromatic carbocycles. The topological polar surface area (TPSA) is 49.7 Å². The second kappa shape index (κ2) is 4.60. The molecule has 0 radical (unpaired) electrons. The molecule has 3 nitrogen and oxygen atoms in total. The van der Waals surface area contributed by atoms with Gasteiger partial charge >= 0.3 is 0 Å². The fraction of sp³-hybridized carbons (Fsp3) is 1.00. The Balaban J connectivity index is 1.78. The first kappa shape index (κ1) is 10.4. The van der Waals surface area contributed by atoms with Crippen molar-refractivity contribution in [2.24, 2.45) is 11.8 Å². The third kappa shape index (κ3) is 2.27. The van der Waals surface area contributed by atoms with Crippen molar-refractivity contribution in [3.8, 4) is 0 Å². The molecule has 3 heteroatoms. The average Bonchev–Trinajstić information content (AvgIpc) is 2.77. The summed E-state index contributed by atoms with van der Waals surface area (Å²) in [5.41, 5.74) is 0. The minimum Gasteiger partial charge on any atom is -0.393 e. The van der Waals surface area contributed by atoms with Crippen molar-refractivity contribution < 1.29 is 14.9 Å². The number of aliphatic hydroxyl groups is 2. The van der Waals surface area contributed by atoms with Gasteiger partial charge in [0.25, 0.3) is 0 Å². The average molecular weight is 200 g/mol. The zero-order valence-corrected chi connectivity index (χ0v) is 8.56. The minimum absolute atomic E-state index is 0.158. The highest BCUT2D eigenvalue weighted by Gasteiger charge is 2.31. The van der Waals surface area contributed by atoms with Gasteiger partial charge in [0.1, 0.15) is 0 Å². The molecule has 1 aliphatic heterocycles. The summed E-state index contributed by atoms with van der Waals surface area (Å²) in [6.07, 6.45) is 4.96. The first-order chi connectivity index (χ1) is 6.77. The SMILES string of the molecule is OC(CC1COCC1O)C1CCCC1. The van der Waals surface area contributed by atoms with Crippen LogP contribution in [0.4, 0.5) is 0 Å². The molecule has 1 heterocycles. The first-order valence-electron chi connectivity index (χ1n) is 5.71. The third-order valence-corrected chi connectivity index (χ3v) is 3.65. The van der Waals surface area contributed by atoms with Crippen molar-refractivity contribution in [3.05, 3.63) is 0 Å². The second-order valence-electron chi connectivity index (χ2n) is 4.71. The fourth-order valence-electron chi connectivity index (χ4n) is 2.66. The highest BCUT2D eigenvalue weighted by molar-refractivity contribution is 4.81. The molecule has 2 rings (SSSR count). The van der Waals surface area contributed by atoms with E-state index in [0.29, 0.717) is 25.6 Å². The number of ether oxygens (including phenoxy) is 1. The molecule has 14 heavy (non-hydrogen) atoms. The van der Waals surface area contributed by atoms with Crippen molar-refractivity contribution in [2.75, 3.05) is 13.2 Å². The van der Waals surface area contributed by atoms with Crippen LogP contribution in [0, 0.1) is 11.8 Å². The lowest BCUT2D eigenvalue weighted by atomic mass is 9.90. The minimum atomic E-state index is -0.356. The third-order valence-electron chi connectivity index (χ3n) is 3.65. The van der Waals surface area contributed by atoms with E-state index in [4.69, 9.17) is 4.74 Å². The molecule has 0 amide bonds. The Morgan fingerprint density at radius 1 is 1.21 bits per heavy atom. The first-order valence-corrected chi connectivity index (χ1v) is 5.71. The Morgan fingerprint density at radius 2 is 1.93 bits per heavy atom. The fourth-order valence-corrected chi connectivity index (χ4v) is 2.66. The molecule has 82 valence electrons. The predicted molar refractivity (Wildman–Crippen MR) is 52.9 cm³/mol. The Kier molecular flexibility index (Phi) is 3.42. The lowest BCUT2D eigenvalue weighted by molar-refractivity contribution is 0.0560. The van der Waals surface area contributed by atoms with Gasteiger partial charge in [0.2, 0.25) is 0 Å². The molecule has 2 N–H and O–H groups in total. The molecule has 1 saturated carbocycles. The standard InChI is InChI=1S/C11H20O3/c12-10(8-3-1-2-4-8)5-9-6-14-7-11(9)13/h8-13H,1-7H2. The molecule has 0 aromatic rings. The molecular formula is C11H20O3. The van der Waals surface area contributed by atoms with Crippen LogP contribution in [-0.4, -0.2) is 35.6 Å². The molecule has 3 unspecified atom stereocenters. The second-order valence-corrected chi connectivity index (χ2v) is 4.71. The van der Waals surface area contributed by atoms with Gasteiger partial charge < -0.3 is 14.9 Å². The number of rotatable bonds is 3. The number of aliphatic hydroxyl groups excluding tert-OH is 2. The summed E-state index contributed by atoms with van der Waals surface area (Å²) in [5.74, 6) is 0.633. The lowest BCUT2D eigenvalue weighted by Gasteiger charge is -2.21. The molecular weight excluding hydrogens is 180 g/mol. The molecule has 0 bridgehead atoms. The van der Waals surface area contributed by atoms with Crippen LogP contribution in [0.15, 0.2) is 0 Å². The monoisotopic (exact) mass is 200 g/mol. The van der Waals surface area contributed by atoms with Crippen LogP contribution >= 0.6 is 0 Å². The summed E-state index contributed by atoms with van der Waals surface area (Å²) in [7, 11) is 0. The Morgan fingerprint density at radius 3 is 2.50 bits per heavy atom. The van der Waals surface area contributed by atoms with Crippen LogP contribution in [0.3, 0.4) is 0 Å². The maximum atomic E-state index is 9.96. The van der Waals surface area contributed by atoms with Crippen LogP contribution in [0.25, 0.3) is 0 Å². The molecule has 0 aromatic heterocycles. The Labute approximate surface area is 85.1 Å². The highest BCUT2D eigenvalue weighted by Crippen LogP contribution is 2.31. The number of hydrogen-bond donors (Lipinski definition) is 2. The van der Waals surface area contributed by atoms with Crippen LogP contribution in [-0.2, 0) is 4.74 Å². The van der Waals surface area contributed by atoms with Crippen molar-refractivity contribution in [1.82, 2.24) is 0 Å². The van der Waals surface area contributed by atoms with E-state index in [1.807, 2.05) is 0 Å². The molecule has 3 atom stereocenters. The van der Waals surface area contributed by atoms with Gasteiger partial charge in [0.05, 0.1) is 25.4 Å². The lowest BCUT2D eigenvalue weighted by Crippen LogP contribution is -2.27. The van der Waals surface area contributed by atoms with Gasteiger partial charge in [0, 0.05) is 5.92 Å². The largest absolute Gasteiger partial charge is 0.393 e. The summed E-state index contributed by atoms with van der Waals surface area (Å²) in [4.78, 5) is 0. The van der Waals surface area contributed by atoms with Gasteiger partial charge in [0.15, 0.2) is 0 Å². The zero-order chi connectivity index (χ0) is 9.97. The Bertz CT molecular complexity index is 177. The van der Waals surface area contributed by atoms with Crippen molar-refractivity contribution in [1.29, 1.82) is 0 Å². The van der Waals surface area contributed by atoms with Gasteiger partial charge in [-0.1, -0.05) is 12.8 Å². The molecule has 0 spiro atoms. The molecule has 1 saturated heterocycles. The summed E-state index contributed by atoms with van der Waals surface area (Å²) in [6, 6.07) is 0. The van der Waals surface area contributed by atoms with Gasteiger partial charge in [-0.2, -0.15) is 0 Å². The quantitative estimate of drug-likeness (QED) is 0.712. The van der Waals surface area contributed by atoms with Crippen molar-refractivity contribution in [2.45, 2.75) is 44.3 Å². The summed E-state index contributed by atoms with van der Waals surface area (Å²) >= 11 is 0. The maximum absolute atomic E-state index is 9.96. The number of hydrogen-bond acceptors (Lipinski definition) is 3. The highest BCUT2D eigenvalue weighted by atomic mass is 16.5. The van der Waals surface area contributed by atoms with Gasteiger partial charge in [-0.15, -0.1) is 0 Å². The van der Waals surface area contributed by atoms with E-state index in [1.165, 1.54) is 12.8 Å². The van der Waals surface area contributed by atoms with E-state index in [0.717, 1.165) is 12.8 Å². The van der Waals surface area contributed by atoms with Gasteiger partial charge in [-0.25, -0.2) is 0 Å². The zero-order valence-electron chi connectivity index (χ0n) is 8.56. The smallest absolute Gasteiger partial charge is 0.0824 e. The van der Waals surface area contributed by atoms with E-state index in [2.05, 4.69) is 0 Å². The summed E-state index contributed by atoms with van der Waals surface area (Å²) < 4.78 is 5.17. The predicted octanol–water partition coefficient (Wildman–Crippen LogP) is 0.935. The molecule has 2 aliphatic rings. The summed E-state index contributed by atoms with van der Waals surface area (Å²) in [5, 5.41) is 19.5. The van der Waals surface area contributed by atoms with Crippen LogP contribution in [0.1, 0.15) is 32.1 Å². The van der Waals surface area contributed by atoms with E-state index >= 15 is 0 Å². The molecule has 2 fully saturated rings. The summed E-state index contributed by atoms with van der Waals surface area (Å²) in [6.45, 7) is 1.06. The van der Waals surface area contributed by atoms with Crippen LogP contribution < -0.4 is 0 Å².